The van der Waals surface area contributed by atoms with E-state index in [-0.39, 0.29) is 16.5 Å². The van der Waals surface area contributed by atoms with Crippen molar-refractivity contribution in [3.05, 3.63) is 40.2 Å². The Balaban J connectivity index is 2.46. The maximum atomic E-state index is 13.2. The maximum absolute atomic E-state index is 13.2. The number of hydrogen-bond donors (Lipinski definition) is 7. The number of aliphatic hydroxyl groups is 5. The number of aromatic hydroxyl groups is 2. The van der Waals surface area contributed by atoms with E-state index in [9.17, 15) is 40.5 Å². The first kappa shape index (κ1) is 25.8. The number of hydrogen-bond acceptors (Lipinski definition) is 9. The zero-order chi connectivity index (χ0) is 25.9. The highest BCUT2D eigenvalue weighted by molar-refractivity contribution is 6.64. The Morgan fingerprint density at radius 2 is 1.44 bits per heavy atom. The zero-order valence-electron chi connectivity index (χ0n) is 19.8. The van der Waals surface area contributed by atoms with Gasteiger partial charge in [0.05, 0.1) is 11.2 Å². The number of anilines is 1. The van der Waals surface area contributed by atoms with E-state index in [1.54, 1.807) is 41.7 Å². The predicted molar refractivity (Wildman–Crippen MR) is 142 cm³/mol. The van der Waals surface area contributed by atoms with Gasteiger partial charge in [-0.15, -0.1) is 0 Å². The molecule has 7 N–H and O–H groups in total. The summed E-state index contributed by atoms with van der Waals surface area (Å²) in [6.07, 6.45) is -2.33. The molecule has 0 aliphatic rings. The lowest BCUT2D eigenvalue weighted by Crippen LogP contribution is -2.68. The molecule has 1 atom stereocenters. The lowest BCUT2D eigenvalue weighted by molar-refractivity contribution is -0.321. The van der Waals surface area contributed by atoms with Crippen LogP contribution in [0.4, 0.5) is 5.69 Å². The summed E-state index contributed by atoms with van der Waals surface area (Å²) in [6, 6.07) is 6.33. The van der Waals surface area contributed by atoms with Gasteiger partial charge in [0.15, 0.2) is 19.8 Å². The average molecular weight is 463 g/mol. The highest BCUT2D eigenvalue weighted by Crippen LogP contribution is 2.39. The molecule has 1 heterocycles. The molecule has 0 saturated carbocycles. The summed E-state index contributed by atoms with van der Waals surface area (Å²) in [6.45, 7) is 0. The summed E-state index contributed by atoms with van der Waals surface area (Å²) >= 11 is 0. The molecule has 1 unspecified atom stereocenters. The maximum Gasteiger partial charge on any atom is 0.295 e. The van der Waals surface area contributed by atoms with Gasteiger partial charge in [-0.25, -0.2) is 0 Å². The van der Waals surface area contributed by atoms with Crippen molar-refractivity contribution in [2.75, 3.05) is 4.90 Å². The van der Waals surface area contributed by atoms with Crippen molar-refractivity contribution in [2.24, 2.45) is 7.05 Å². The molecule has 0 aliphatic carbocycles. The fourth-order valence-electron chi connectivity index (χ4n) is 4.11. The molecule has 0 spiro atoms. The monoisotopic (exact) mass is 464 g/mol. The van der Waals surface area contributed by atoms with Crippen molar-refractivity contribution in [2.45, 2.75) is 17.8 Å². The molecule has 1 aromatic heterocycles. The van der Waals surface area contributed by atoms with Gasteiger partial charge in [0.25, 0.3) is 11.5 Å². The normalized spacial score (nSPS) is 13.2. The van der Waals surface area contributed by atoms with Gasteiger partial charge in [0.2, 0.25) is 0 Å². The van der Waals surface area contributed by atoms with E-state index in [0.29, 0.717) is 34.7 Å². The minimum absolute atomic E-state index is 0.188. The number of phenols is 1. The quantitative estimate of drug-likeness (QED) is 0.144. The largest absolute Gasteiger partial charge is 0.507 e. The third kappa shape index (κ3) is 3.69. The molecule has 0 saturated heterocycles. The Labute approximate surface area is 199 Å². The van der Waals surface area contributed by atoms with Gasteiger partial charge in [-0.3, -0.25) is 9.69 Å². The number of aromatic nitrogens is 1. The van der Waals surface area contributed by atoms with Crippen LogP contribution < -0.4 is 32.3 Å². The second kappa shape index (κ2) is 8.44. The van der Waals surface area contributed by atoms with Crippen LogP contribution in [0.3, 0.4) is 0 Å². The lowest BCUT2D eigenvalue weighted by Gasteiger charge is -2.46. The molecule has 0 radical (unpaired) electrons. The summed E-state index contributed by atoms with van der Waals surface area (Å²) in [4.78, 5) is 13.5. The summed E-state index contributed by atoms with van der Waals surface area (Å²) < 4.78 is 1.15. The molecule has 0 bridgehead atoms. The topological polar surface area (TPSA) is 167 Å². The van der Waals surface area contributed by atoms with E-state index in [1.165, 1.54) is 21.0 Å². The molecular weight excluding hydrogens is 438 g/mol. The Morgan fingerprint density at radius 1 is 0.912 bits per heavy atom. The van der Waals surface area contributed by atoms with Gasteiger partial charge in [0.1, 0.15) is 48.4 Å². The van der Waals surface area contributed by atoms with Crippen molar-refractivity contribution in [1.82, 2.24) is 4.57 Å². The molecule has 2 aromatic carbocycles. The number of phenolic OH excluding ortho intramolecular Hbond substituents is 1. The van der Waals surface area contributed by atoms with Crippen LogP contribution in [0.2, 0.25) is 0 Å². The smallest absolute Gasteiger partial charge is 0.295 e. The average Bonchev–Trinajstić information content (AvgIpc) is 2.76. The third-order valence-electron chi connectivity index (χ3n) is 6.65. The molecule has 15 heteroatoms. The minimum atomic E-state index is -3.63. The van der Waals surface area contributed by atoms with Gasteiger partial charge in [-0.2, -0.15) is 0 Å². The van der Waals surface area contributed by atoms with E-state index < -0.39 is 40.4 Å². The number of rotatable bonds is 5. The number of para-hydroxylation sites is 1. The fraction of sp³-hybridized carbons (Fsp3) is 0.211. The van der Waals surface area contributed by atoms with Crippen LogP contribution in [0.5, 0.6) is 11.5 Å². The number of aliphatic hydroxyl groups excluding tert-OH is 1. The third-order valence-corrected chi connectivity index (χ3v) is 6.65. The van der Waals surface area contributed by atoms with E-state index in [0.717, 1.165) is 4.57 Å². The fourth-order valence-corrected chi connectivity index (χ4v) is 4.11. The first-order valence-electron chi connectivity index (χ1n) is 10.5. The van der Waals surface area contributed by atoms with Crippen molar-refractivity contribution in [3.8, 4) is 11.5 Å². The summed E-state index contributed by atoms with van der Waals surface area (Å²) in [5, 5.41) is 75.6. The number of fused-ring (bicyclic) bond motifs is 1. The van der Waals surface area contributed by atoms with Crippen LogP contribution in [0, 0.1) is 0 Å². The first-order valence-corrected chi connectivity index (χ1v) is 10.5. The van der Waals surface area contributed by atoms with E-state index in [4.69, 9.17) is 0 Å². The molecule has 0 fully saturated rings. The second-order valence-corrected chi connectivity index (χ2v) is 8.74. The first-order chi connectivity index (χ1) is 15.6. The highest BCUT2D eigenvalue weighted by Gasteiger charge is 2.53. The van der Waals surface area contributed by atoms with Crippen molar-refractivity contribution >= 4 is 77.7 Å². The Morgan fingerprint density at radius 3 is 2.00 bits per heavy atom. The summed E-state index contributed by atoms with van der Waals surface area (Å²) in [5.41, 5.74) is -2.90. The molecule has 10 nitrogen and oxygen atoms in total. The standard InChI is InChI=1S/C19H25B5N2O8/c1-25-7-5-3-2-4-6(7)14(27)8(16(25)29)17(30)26(19(33,34)18(24,31)32)13-11(22)9(20)10(21)12(23)15(13)28/h2-5,17,27-28,30-34H,20-24H2,1H3. The SMILES string of the molecule is Bc1c(B)c(B)c(N(C(O)c2c(O)c3ccccc3n(C)c2=O)C(O)(O)C(B)(O)O)c(O)c1B. The molecule has 0 aliphatic heterocycles. The molecular formula is C19H25B5N2O8. The number of benzene rings is 2. The van der Waals surface area contributed by atoms with Crippen LogP contribution in [0.1, 0.15) is 11.8 Å². The zero-order valence-corrected chi connectivity index (χ0v) is 19.8. The van der Waals surface area contributed by atoms with E-state index >= 15 is 0 Å². The number of pyridine rings is 1. The van der Waals surface area contributed by atoms with Crippen LogP contribution in [0.15, 0.2) is 29.1 Å². The number of aryl methyl sites for hydroxylation is 1. The molecule has 34 heavy (non-hydrogen) atoms. The number of nitrogens with zero attached hydrogens (tertiary/aromatic N) is 2. The van der Waals surface area contributed by atoms with Gasteiger partial charge < -0.3 is 40.3 Å². The molecule has 174 valence electrons. The van der Waals surface area contributed by atoms with E-state index in [1.807, 2.05) is 0 Å². The van der Waals surface area contributed by atoms with Crippen molar-refractivity contribution in [1.29, 1.82) is 0 Å². The van der Waals surface area contributed by atoms with Crippen LogP contribution >= 0.6 is 0 Å². The Hall–Kier alpha value is -2.83. The van der Waals surface area contributed by atoms with Gasteiger partial charge >= 0.3 is 0 Å². The lowest BCUT2D eigenvalue weighted by atomic mass is 9.65. The Bertz CT molecular complexity index is 1330. The summed E-state index contributed by atoms with van der Waals surface area (Å²) in [7, 11) is 8.58. The second-order valence-electron chi connectivity index (χ2n) is 8.74. The summed E-state index contributed by atoms with van der Waals surface area (Å²) in [5.74, 6) is -4.75. The highest BCUT2D eigenvalue weighted by atomic mass is 16.6. The Kier molecular flexibility index (Phi) is 6.40. The molecule has 3 aromatic rings. The minimum Gasteiger partial charge on any atom is -0.507 e. The predicted octanol–water partition coefficient (Wildman–Crippen LogP) is -8.61. The molecule has 0 amide bonds. The van der Waals surface area contributed by atoms with Crippen LogP contribution in [0.25, 0.3) is 10.9 Å². The van der Waals surface area contributed by atoms with Gasteiger partial charge in [-0.05, 0) is 12.1 Å². The van der Waals surface area contributed by atoms with E-state index in [2.05, 4.69) is 0 Å². The van der Waals surface area contributed by atoms with Crippen molar-refractivity contribution < 1.29 is 35.7 Å². The van der Waals surface area contributed by atoms with Crippen molar-refractivity contribution in [3.63, 3.8) is 0 Å². The van der Waals surface area contributed by atoms with Crippen LogP contribution in [-0.2, 0) is 7.05 Å². The van der Waals surface area contributed by atoms with Gasteiger partial charge in [-0.1, -0.05) is 34.0 Å². The van der Waals surface area contributed by atoms with Gasteiger partial charge in [0, 0.05) is 12.4 Å². The molecule has 3 rings (SSSR count). The van der Waals surface area contributed by atoms with Crippen LogP contribution in [-0.4, -0.2) is 91.1 Å².